The predicted molar refractivity (Wildman–Crippen MR) is 101 cm³/mol. The Morgan fingerprint density at radius 2 is 1.28 bits per heavy atom. The third-order valence-corrected chi connectivity index (χ3v) is 4.26. The summed E-state index contributed by atoms with van der Waals surface area (Å²) in [5, 5.41) is 19.0. The maximum atomic E-state index is 10.6. The van der Waals surface area contributed by atoms with Crippen molar-refractivity contribution in [3.63, 3.8) is 0 Å². The second-order valence-electron chi connectivity index (χ2n) is 7.71. The Morgan fingerprint density at radius 3 is 1.56 bits per heavy atom. The number of carbonyl (C=O) groups excluding carboxylic acids is 1. The lowest BCUT2D eigenvalue weighted by Gasteiger charge is -2.34. The van der Waals surface area contributed by atoms with Crippen molar-refractivity contribution in [2.24, 2.45) is 0 Å². The Labute approximate surface area is 155 Å². The molecule has 0 aromatic rings. The fourth-order valence-electron chi connectivity index (χ4n) is 2.68. The average Bonchev–Trinajstić information content (AvgIpc) is 2.50. The summed E-state index contributed by atoms with van der Waals surface area (Å²) in [6.07, 6.45) is 13.0. The maximum absolute atomic E-state index is 10.6. The summed E-state index contributed by atoms with van der Waals surface area (Å²) in [6, 6.07) is -0.375. The summed E-state index contributed by atoms with van der Waals surface area (Å²) in [7, 11) is 5.61. The van der Waals surface area contributed by atoms with Crippen molar-refractivity contribution in [3.8, 4) is 0 Å². The minimum Gasteiger partial charge on any atom is -0.544 e. The molecule has 1 unspecified atom stereocenters. The Morgan fingerprint density at radius 1 is 0.840 bits per heavy atom. The molecule has 0 spiro atoms. The van der Waals surface area contributed by atoms with Crippen LogP contribution in [0.1, 0.15) is 90.9 Å². The SMILES string of the molecule is CCCC(C(=O)[O-])[N+](C)(C)C.CCCCCCCCCCCC(=O)O. The lowest BCUT2D eigenvalue weighted by atomic mass is 10.1. The van der Waals surface area contributed by atoms with E-state index in [2.05, 4.69) is 6.92 Å². The second-order valence-corrected chi connectivity index (χ2v) is 7.71. The molecule has 1 atom stereocenters. The number of carboxylic acid groups (broad SMARTS) is 2. The summed E-state index contributed by atoms with van der Waals surface area (Å²) < 4.78 is 0.441. The standard InChI is InChI=1S/C12H24O2.C8H17NO2/c1-2-3-4-5-6-7-8-9-10-11-12(13)14;1-5-6-7(8(10)11)9(2,3)4/h2-11H2,1H3,(H,13,14);7H,5-6H2,1-4H3. The molecule has 25 heavy (non-hydrogen) atoms. The Balaban J connectivity index is 0. The van der Waals surface area contributed by atoms with Gasteiger partial charge in [-0.15, -0.1) is 0 Å². The van der Waals surface area contributed by atoms with Crippen molar-refractivity contribution >= 4 is 11.9 Å². The van der Waals surface area contributed by atoms with Crippen LogP contribution >= 0.6 is 0 Å². The monoisotopic (exact) mass is 359 g/mol. The van der Waals surface area contributed by atoms with E-state index in [-0.39, 0.29) is 6.04 Å². The number of unbranched alkanes of at least 4 members (excludes halogenated alkanes) is 8. The van der Waals surface area contributed by atoms with Crippen molar-refractivity contribution in [3.05, 3.63) is 0 Å². The minimum absolute atomic E-state index is 0.343. The van der Waals surface area contributed by atoms with Crippen LogP contribution in [0, 0.1) is 0 Å². The molecule has 0 saturated heterocycles. The van der Waals surface area contributed by atoms with E-state index in [4.69, 9.17) is 5.11 Å². The van der Waals surface area contributed by atoms with Gasteiger partial charge in [-0.25, -0.2) is 0 Å². The van der Waals surface area contributed by atoms with Crippen LogP contribution in [0.3, 0.4) is 0 Å². The number of likely N-dealkylation sites (N-methyl/N-ethyl adjacent to an activating group) is 1. The molecule has 0 saturated carbocycles. The number of aliphatic carboxylic acids is 2. The highest BCUT2D eigenvalue weighted by atomic mass is 16.4. The van der Waals surface area contributed by atoms with Gasteiger partial charge in [-0.3, -0.25) is 4.79 Å². The number of quaternary nitrogens is 1. The van der Waals surface area contributed by atoms with E-state index in [1.54, 1.807) is 0 Å². The molecule has 0 rings (SSSR count). The van der Waals surface area contributed by atoms with Crippen LogP contribution in [0.25, 0.3) is 0 Å². The third-order valence-electron chi connectivity index (χ3n) is 4.26. The molecule has 1 N–H and O–H groups in total. The molecule has 0 radical (unpaired) electrons. The molecule has 0 aliphatic heterocycles. The van der Waals surface area contributed by atoms with Crippen molar-refractivity contribution < 1.29 is 24.3 Å². The molecular weight excluding hydrogens is 318 g/mol. The molecule has 0 aliphatic carbocycles. The first-order chi connectivity index (χ1) is 11.7. The molecule has 150 valence electrons. The third kappa shape index (κ3) is 19.1. The molecular formula is C20H41NO4. The number of hydrogen-bond acceptors (Lipinski definition) is 3. The zero-order valence-corrected chi connectivity index (χ0v) is 17.2. The van der Waals surface area contributed by atoms with Crippen molar-refractivity contribution in [2.45, 2.75) is 96.9 Å². The van der Waals surface area contributed by atoms with Gasteiger partial charge >= 0.3 is 5.97 Å². The van der Waals surface area contributed by atoms with Gasteiger partial charge in [-0.2, -0.15) is 0 Å². The predicted octanol–water partition coefficient (Wildman–Crippen LogP) is 3.60. The smallest absolute Gasteiger partial charge is 0.303 e. The number of nitrogens with zero attached hydrogens (tertiary/aromatic N) is 1. The van der Waals surface area contributed by atoms with Gasteiger partial charge < -0.3 is 19.5 Å². The van der Waals surface area contributed by atoms with Gasteiger partial charge in [0, 0.05) is 12.8 Å². The van der Waals surface area contributed by atoms with Crippen molar-refractivity contribution in [2.75, 3.05) is 21.1 Å². The summed E-state index contributed by atoms with van der Waals surface area (Å²) in [6.45, 7) is 4.21. The van der Waals surface area contributed by atoms with Gasteiger partial charge in [-0.05, 0) is 6.42 Å². The molecule has 0 heterocycles. The highest BCUT2D eigenvalue weighted by molar-refractivity contribution is 5.69. The molecule has 0 aromatic heterocycles. The molecule has 0 aliphatic rings. The summed E-state index contributed by atoms with van der Waals surface area (Å²) in [5.41, 5.74) is 0. The molecule has 0 bridgehead atoms. The van der Waals surface area contributed by atoms with Crippen LogP contribution in [-0.4, -0.2) is 48.7 Å². The van der Waals surface area contributed by atoms with E-state index in [0.29, 0.717) is 17.3 Å². The second kappa shape index (κ2) is 16.4. The quantitative estimate of drug-likeness (QED) is 0.380. The van der Waals surface area contributed by atoms with Gasteiger partial charge in [0.2, 0.25) is 0 Å². The van der Waals surface area contributed by atoms with E-state index in [1.165, 1.54) is 44.9 Å². The Bertz CT molecular complexity index is 337. The van der Waals surface area contributed by atoms with Gasteiger partial charge in [0.25, 0.3) is 0 Å². The Kier molecular flexibility index (Phi) is 17.1. The van der Waals surface area contributed by atoms with E-state index in [1.807, 2.05) is 28.1 Å². The van der Waals surface area contributed by atoms with Crippen LogP contribution in [-0.2, 0) is 9.59 Å². The van der Waals surface area contributed by atoms with Crippen LogP contribution in [0.2, 0.25) is 0 Å². The van der Waals surface area contributed by atoms with Crippen LogP contribution in [0.15, 0.2) is 0 Å². The number of carboxylic acids is 2. The van der Waals surface area contributed by atoms with Gasteiger partial charge in [0.05, 0.1) is 27.1 Å². The normalized spacial score (nSPS) is 12.2. The lowest BCUT2D eigenvalue weighted by Crippen LogP contribution is -2.54. The highest BCUT2D eigenvalue weighted by Crippen LogP contribution is 2.10. The number of rotatable bonds is 14. The summed E-state index contributed by atoms with van der Waals surface area (Å²) >= 11 is 0. The van der Waals surface area contributed by atoms with E-state index < -0.39 is 11.9 Å². The van der Waals surface area contributed by atoms with Crippen molar-refractivity contribution in [1.29, 1.82) is 0 Å². The lowest BCUT2D eigenvalue weighted by molar-refractivity contribution is -0.889. The first-order valence-corrected chi connectivity index (χ1v) is 9.90. The van der Waals surface area contributed by atoms with Crippen LogP contribution in [0.5, 0.6) is 0 Å². The zero-order chi connectivity index (χ0) is 19.7. The number of carbonyl (C=O) groups is 2. The average molecular weight is 360 g/mol. The summed E-state index contributed by atoms with van der Waals surface area (Å²) in [4.78, 5) is 20.8. The molecule has 5 nitrogen and oxygen atoms in total. The Hall–Kier alpha value is -1.10. The molecule has 0 fully saturated rings. The first-order valence-electron chi connectivity index (χ1n) is 9.90. The van der Waals surface area contributed by atoms with E-state index in [0.717, 1.165) is 19.3 Å². The van der Waals surface area contributed by atoms with Gasteiger partial charge in [-0.1, -0.05) is 71.6 Å². The zero-order valence-electron chi connectivity index (χ0n) is 17.2. The van der Waals surface area contributed by atoms with Crippen molar-refractivity contribution in [1.82, 2.24) is 0 Å². The van der Waals surface area contributed by atoms with Crippen LogP contribution in [0.4, 0.5) is 0 Å². The topological polar surface area (TPSA) is 77.4 Å². The van der Waals surface area contributed by atoms with Gasteiger partial charge in [0.15, 0.2) is 0 Å². The van der Waals surface area contributed by atoms with Crippen LogP contribution < -0.4 is 5.11 Å². The van der Waals surface area contributed by atoms with E-state index in [9.17, 15) is 14.7 Å². The molecule has 0 amide bonds. The minimum atomic E-state index is -0.945. The highest BCUT2D eigenvalue weighted by Gasteiger charge is 2.23. The van der Waals surface area contributed by atoms with E-state index >= 15 is 0 Å². The first kappa shape index (κ1) is 26.1. The molecule has 5 heteroatoms. The maximum Gasteiger partial charge on any atom is 0.303 e. The summed E-state index contributed by atoms with van der Waals surface area (Å²) in [5.74, 6) is -1.60. The fraction of sp³-hybridized carbons (Fsp3) is 0.900. The number of hydrogen-bond donors (Lipinski definition) is 1. The molecule has 0 aromatic carbocycles. The van der Waals surface area contributed by atoms with Gasteiger partial charge in [0.1, 0.15) is 6.04 Å². The largest absolute Gasteiger partial charge is 0.544 e. The fourth-order valence-corrected chi connectivity index (χ4v) is 2.68.